The van der Waals surface area contributed by atoms with Crippen LogP contribution in [0.3, 0.4) is 0 Å². The average Bonchev–Trinajstić information content (AvgIpc) is 3.36. The Kier molecular flexibility index (Phi) is 15.5. The predicted molar refractivity (Wildman–Crippen MR) is 193 cm³/mol. The zero-order chi connectivity index (χ0) is 33.2. The van der Waals surface area contributed by atoms with Crippen LogP contribution in [0.1, 0.15) is 129 Å². The van der Waals surface area contributed by atoms with Gasteiger partial charge in [-0.3, -0.25) is 0 Å². The molecule has 2 aromatic rings. The number of anilines is 1. The normalized spacial score (nSPS) is 17.7. The molecule has 0 radical (unpaired) electrons. The molecule has 2 aliphatic heterocycles. The van der Waals surface area contributed by atoms with Crippen molar-refractivity contribution >= 4 is 17.1 Å². The van der Waals surface area contributed by atoms with Crippen LogP contribution in [0.2, 0.25) is 0 Å². The van der Waals surface area contributed by atoms with E-state index in [9.17, 15) is 0 Å². The Hall–Kier alpha value is -2.87. The zero-order valence-corrected chi connectivity index (χ0v) is 31.0. The van der Waals surface area contributed by atoms with E-state index in [0.717, 1.165) is 0 Å². The summed E-state index contributed by atoms with van der Waals surface area (Å²) in [7, 11) is 4.43. The Morgan fingerprint density at radius 3 is 1.52 bits per heavy atom. The molecule has 0 aromatic heterocycles. The van der Waals surface area contributed by atoms with E-state index in [4.69, 9.17) is 0 Å². The number of fused-ring (bicyclic) bond motifs is 2. The Bertz CT molecular complexity index is 1310. The molecule has 0 unspecified atom stereocenters. The van der Waals surface area contributed by atoms with Crippen LogP contribution in [0.5, 0.6) is 0 Å². The third kappa shape index (κ3) is 7.01. The summed E-state index contributed by atoms with van der Waals surface area (Å²) in [5.74, 6) is 0. The topological polar surface area (TPSA) is 6.25 Å². The predicted octanol–water partition coefficient (Wildman–Crippen LogP) is 12.2. The van der Waals surface area contributed by atoms with Crippen LogP contribution in [-0.4, -0.2) is 24.4 Å². The molecule has 2 heterocycles. The van der Waals surface area contributed by atoms with Gasteiger partial charge in [-0.05, 0) is 82.4 Å². The molecule has 2 aliphatic rings. The number of likely N-dealkylation sites (N-methyl/N-ethyl adjacent to an activating group) is 1. The van der Waals surface area contributed by atoms with Crippen molar-refractivity contribution in [1.29, 1.82) is 0 Å². The average molecular weight is 574 g/mol. The molecule has 2 aromatic carbocycles. The van der Waals surface area contributed by atoms with Gasteiger partial charge in [-0.25, -0.2) is 0 Å². The summed E-state index contributed by atoms with van der Waals surface area (Å²) in [4.78, 5) is 2.40. The number of hydrogen-bond acceptors (Lipinski definition) is 1. The molecule has 0 N–H and O–H groups in total. The fourth-order valence-corrected chi connectivity index (χ4v) is 6.56. The minimum absolute atomic E-state index is 0.0202. The van der Waals surface area contributed by atoms with Crippen LogP contribution in [0.25, 0.3) is 0 Å². The molecule has 2 heteroatoms. The van der Waals surface area contributed by atoms with Gasteiger partial charge in [0.25, 0.3) is 0 Å². The molecular weight excluding hydrogens is 508 g/mol. The second-order valence-corrected chi connectivity index (χ2v) is 11.2. The molecule has 0 amide bonds. The van der Waals surface area contributed by atoms with E-state index < -0.39 is 0 Å². The molecule has 0 bridgehead atoms. The summed E-state index contributed by atoms with van der Waals surface area (Å²) in [6.07, 6.45) is 0. The largest absolute Gasteiger partial charge is 0.347 e. The molecule has 0 saturated carbocycles. The second-order valence-electron chi connectivity index (χ2n) is 11.2. The summed E-state index contributed by atoms with van der Waals surface area (Å²) in [6, 6.07) is 17.6. The summed E-state index contributed by atoms with van der Waals surface area (Å²) in [5.41, 5.74) is 15.1. The smallest absolute Gasteiger partial charge is 0.209 e. The molecule has 4 rings (SSSR count). The van der Waals surface area contributed by atoms with Gasteiger partial charge in [-0.15, -0.1) is 0 Å². The maximum absolute atomic E-state index is 2.40. The van der Waals surface area contributed by atoms with Gasteiger partial charge < -0.3 is 4.90 Å². The number of nitrogens with zero attached hydrogens (tertiary/aromatic N) is 2. The highest BCUT2D eigenvalue weighted by Crippen LogP contribution is 2.49. The van der Waals surface area contributed by atoms with Gasteiger partial charge in [0, 0.05) is 41.1 Å². The Morgan fingerprint density at radius 1 is 0.595 bits per heavy atom. The third-order valence-corrected chi connectivity index (χ3v) is 8.69. The van der Waals surface area contributed by atoms with Gasteiger partial charge in [-0.1, -0.05) is 106 Å². The first-order chi connectivity index (χ1) is 19.8. The van der Waals surface area contributed by atoms with E-state index in [0.29, 0.717) is 0 Å². The summed E-state index contributed by atoms with van der Waals surface area (Å²) in [6.45, 7) is 36.9. The fraction of sp³-hybridized carbons (Fsp3) is 0.525. The van der Waals surface area contributed by atoms with E-state index >= 15 is 0 Å². The van der Waals surface area contributed by atoms with E-state index in [1.165, 1.54) is 61.8 Å². The molecule has 0 spiro atoms. The van der Waals surface area contributed by atoms with Crippen LogP contribution in [-0.2, 0) is 10.8 Å². The Morgan fingerprint density at radius 2 is 1.05 bits per heavy atom. The lowest BCUT2D eigenvalue weighted by Gasteiger charge is -2.28. The van der Waals surface area contributed by atoms with Crippen LogP contribution < -0.4 is 4.90 Å². The van der Waals surface area contributed by atoms with Crippen molar-refractivity contribution < 1.29 is 4.58 Å². The van der Waals surface area contributed by atoms with Crippen molar-refractivity contribution in [2.24, 2.45) is 0 Å². The lowest BCUT2D eigenvalue weighted by Crippen LogP contribution is -2.30. The quantitative estimate of drug-likeness (QED) is 0.261. The van der Waals surface area contributed by atoms with Crippen LogP contribution >= 0.6 is 0 Å². The van der Waals surface area contributed by atoms with E-state index in [1.807, 2.05) is 55.4 Å². The highest BCUT2D eigenvalue weighted by atomic mass is 15.2. The number of benzene rings is 2. The van der Waals surface area contributed by atoms with Crippen molar-refractivity contribution in [3.8, 4) is 0 Å². The summed E-state index contributed by atoms with van der Waals surface area (Å²) < 4.78 is 2.40. The number of hydrogen-bond donors (Lipinski definition) is 0. The zero-order valence-electron chi connectivity index (χ0n) is 31.0. The monoisotopic (exact) mass is 574 g/mol. The van der Waals surface area contributed by atoms with Crippen molar-refractivity contribution in [2.45, 2.75) is 129 Å². The lowest BCUT2D eigenvalue weighted by molar-refractivity contribution is -0.402. The maximum atomic E-state index is 2.40. The molecular formula is C40H65N2+. The molecule has 234 valence electrons. The number of para-hydroxylation sites is 2. The Balaban J connectivity index is 0.00000194. The van der Waals surface area contributed by atoms with E-state index in [1.54, 1.807) is 0 Å². The van der Waals surface area contributed by atoms with Gasteiger partial charge in [0.15, 0.2) is 5.71 Å². The van der Waals surface area contributed by atoms with Gasteiger partial charge in [0.1, 0.15) is 7.05 Å². The SMILES string of the molecule is CC.CC.CC.CC.CC(=C1/N(C)c2ccccc2C1(C)C)/C(C)=C(C)/C(C)=C(\C)C1=[N+](C)c2ccccc2C1(C)C. The van der Waals surface area contributed by atoms with Crippen molar-refractivity contribution in [2.75, 3.05) is 19.0 Å². The molecule has 0 aliphatic carbocycles. The number of allylic oxidation sites excluding steroid dienone is 6. The first-order valence-corrected chi connectivity index (χ1v) is 16.4. The van der Waals surface area contributed by atoms with Crippen LogP contribution in [0, 0.1) is 0 Å². The lowest BCUT2D eigenvalue weighted by atomic mass is 9.77. The van der Waals surface area contributed by atoms with Crippen molar-refractivity contribution in [3.05, 3.63) is 93.2 Å². The summed E-state index contributed by atoms with van der Waals surface area (Å²) >= 11 is 0. The maximum Gasteiger partial charge on any atom is 0.209 e. The Labute approximate surface area is 262 Å². The van der Waals surface area contributed by atoms with Gasteiger partial charge in [-0.2, -0.15) is 4.58 Å². The van der Waals surface area contributed by atoms with Crippen molar-refractivity contribution in [3.63, 3.8) is 0 Å². The van der Waals surface area contributed by atoms with Gasteiger partial charge >= 0.3 is 0 Å². The van der Waals surface area contributed by atoms with E-state index in [2.05, 4.69) is 134 Å². The highest BCUT2D eigenvalue weighted by Gasteiger charge is 2.45. The first kappa shape index (κ1) is 39.1. The molecule has 0 saturated heterocycles. The fourth-order valence-electron chi connectivity index (χ4n) is 6.56. The standard InChI is InChI=1S/C32H41N2.4C2H6/c1-20(21(2)23(4)29-31(6,7)25-16-12-14-18-27(25)33(29)10)22(3)24(5)30-32(8,9)26-17-13-15-19-28(26)34(30)11;4*1-2/h12-19H,1-11H3;4*1-2H3/q+1;;;;. The van der Waals surface area contributed by atoms with Gasteiger partial charge in [0.2, 0.25) is 5.69 Å². The van der Waals surface area contributed by atoms with Crippen LogP contribution in [0.4, 0.5) is 11.4 Å². The van der Waals surface area contributed by atoms with Gasteiger partial charge in [0.05, 0.1) is 5.41 Å². The number of rotatable bonds is 3. The minimum Gasteiger partial charge on any atom is -0.347 e. The first-order valence-electron chi connectivity index (χ1n) is 16.4. The summed E-state index contributed by atoms with van der Waals surface area (Å²) in [5, 5.41) is 0. The molecule has 2 nitrogen and oxygen atoms in total. The third-order valence-electron chi connectivity index (χ3n) is 8.69. The van der Waals surface area contributed by atoms with E-state index in [-0.39, 0.29) is 10.8 Å². The van der Waals surface area contributed by atoms with Crippen LogP contribution in [0.15, 0.2) is 82.1 Å². The van der Waals surface area contributed by atoms with Crippen molar-refractivity contribution in [1.82, 2.24) is 0 Å². The molecule has 0 fully saturated rings. The molecule has 0 atom stereocenters. The second kappa shape index (κ2) is 16.7. The highest BCUT2D eigenvalue weighted by molar-refractivity contribution is 6.07. The molecule has 42 heavy (non-hydrogen) atoms. The minimum atomic E-state index is -0.0202.